The van der Waals surface area contributed by atoms with Gasteiger partial charge in [0.2, 0.25) is 5.88 Å². The average molecular weight is 430 g/mol. The Kier molecular flexibility index (Phi) is 4.84. The van der Waals surface area contributed by atoms with Gasteiger partial charge in [-0.05, 0) is 67.8 Å². The molecule has 4 aromatic rings. The quantitative estimate of drug-likeness (QED) is 0.472. The van der Waals surface area contributed by atoms with Crippen LogP contribution in [0.1, 0.15) is 35.3 Å². The Morgan fingerprint density at radius 3 is 2.62 bits per heavy atom. The van der Waals surface area contributed by atoms with Crippen LogP contribution >= 0.6 is 0 Å². The topological polar surface area (TPSA) is 69.0 Å². The minimum absolute atomic E-state index is 0.0978. The summed E-state index contributed by atoms with van der Waals surface area (Å²) in [6.45, 7) is 6.64. The van der Waals surface area contributed by atoms with E-state index in [1.807, 2.05) is 48.9 Å². The molecular formula is C24H23FN6O. The summed E-state index contributed by atoms with van der Waals surface area (Å²) in [5.41, 5.74) is 6.12. The molecule has 1 aromatic carbocycles. The van der Waals surface area contributed by atoms with Crippen LogP contribution in [0.2, 0.25) is 0 Å². The van der Waals surface area contributed by atoms with Crippen LogP contribution in [0.3, 0.4) is 0 Å². The molecule has 1 aliphatic heterocycles. The van der Waals surface area contributed by atoms with E-state index in [9.17, 15) is 4.39 Å². The van der Waals surface area contributed by atoms with Crippen molar-refractivity contribution < 1.29 is 9.13 Å². The summed E-state index contributed by atoms with van der Waals surface area (Å²) in [5.74, 6) is 1.05. The van der Waals surface area contributed by atoms with Crippen molar-refractivity contribution in [3.63, 3.8) is 0 Å². The number of ether oxygens (including phenoxy) is 1. The summed E-state index contributed by atoms with van der Waals surface area (Å²) in [7, 11) is 1.59. The van der Waals surface area contributed by atoms with Gasteiger partial charge < -0.3 is 14.2 Å². The highest BCUT2D eigenvalue weighted by atomic mass is 19.1. The second kappa shape index (κ2) is 7.71. The Bertz CT molecular complexity index is 1320. The van der Waals surface area contributed by atoms with Crippen molar-refractivity contribution in [2.75, 3.05) is 12.0 Å². The summed E-state index contributed by atoms with van der Waals surface area (Å²) >= 11 is 0. The van der Waals surface area contributed by atoms with E-state index in [1.165, 1.54) is 6.07 Å². The lowest BCUT2D eigenvalue weighted by molar-refractivity contribution is 0.396. The van der Waals surface area contributed by atoms with Gasteiger partial charge in [0.1, 0.15) is 17.2 Å². The summed E-state index contributed by atoms with van der Waals surface area (Å²) in [6.07, 6.45) is 3.65. The fraction of sp³-hybridized carbons (Fsp3) is 0.250. The Morgan fingerprint density at radius 2 is 1.91 bits per heavy atom. The lowest BCUT2D eigenvalue weighted by Gasteiger charge is -2.24. The molecule has 5 rings (SSSR count). The Hall–Kier alpha value is -3.81. The molecule has 0 aliphatic carbocycles. The number of hydrogen-bond acceptors (Lipinski definition) is 6. The van der Waals surface area contributed by atoms with Crippen molar-refractivity contribution in [3.05, 3.63) is 77.1 Å². The maximum atomic E-state index is 13.7. The van der Waals surface area contributed by atoms with Crippen LogP contribution in [0.5, 0.6) is 5.88 Å². The SMILES string of the molecule is COc1nc(-c2cc(C)c(N3Cc4cc(F)ccc4C3C)nn2)ccc1-n1cnc(C)c1. The predicted molar refractivity (Wildman–Crippen MR) is 119 cm³/mol. The van der Waals surface area contributed by atoms with Crippen LogP contribution < -0.4 is 9.64 Å². The number of rotatable bonds is 4. The molecule has 0 amide bonds. The highest BCUT2D eigenvalue weighted by molar-refractivity contribution is 5.62. The van der Waals surface area contributed by atoms with Crippen LogP contribution in [0.25, 0.3) is 17.1 Å². The first kappa shape index (κ1) is 20.1. The second-order valence-electron chi connectivity index (χ2n) is 8.03. The van der Waals surface area contributed by atoms with Crippen molar-refractivity contribution in [3.8, 4) is 23.0 Å². The van der Waals surface area contributed by atoms with Gasteiger partial charge in [0.05, 0.1) is 30.9 Å². The summed E-state index contributed by atoms with van der Waals surface area (Å²) < 4.78 is 21.1. The first-order valence-corrected chi connectivity index (χ1v) is 10.4. The monoisotopic (exact) mass is 430 g/mol. The number of aromatic nitrogens is 5. The number of halogens is 1. The number of benzene rings is 1. The van der Waals surface area contributed by atoms with Gasteiger partial charge in [0.25, 0.3) is 0 Å². The Morgan fingerprint density at radius 1 is 1.06 bits per heavy atom. The number of pyridine rings is 1. The molecule has 3 aromatic heterocycles. The third-order valence-corrected chi connectivity index (χ3v) is 5.88. The molecular weight excluding hydrogens is 407 g/mol. The highest BCUT2D eigenvalue weighted by Gasteiger charge is 2.29. The van der Waals surface area contributed by atoms with Gasteiger partial charge >= 0.3 is 0 Å². The van der Waals surface area contributed by atoms with E-state index in [0.29, 0.717) is 23.8 Å². The van der Waals surface area contributed by atoms with Gasteiger partial charge in [0, 0.05) is 12.7 Å². The molecule has 32 heavy (non-hydrogen) atoms. The summed E-state index contributed by atoms with van der Waals surface area (Å²) in [6, 6.07) is 10.9. The van der Waals surface area contributed by atoms with E-state index in [1.54, 1.807) is 19.5 Å². The number of methoxy groups -OCH3 is 1. The molecule has 0 radical (unpaired) electrons. The molecule has 0 saturated carbocycles. The number of imidazole rings is 1. The van der Waals surface area contributed by atoms with Crippen molar-refractivity contribution >= 4 is 5.82 Å². The third kappa shape index (κ3) is 3.37. The zero-order valence-corrected chi connectivity index (χ0v) is 18.4. The zero-order chi connectivity index (χ0) is 22.4. The Labute approximate surface area is 185 Å². The lowest BCUT2D eigenvalue weighted by atomic mass is 10.1. The first-order valence-electron chi connectivity index (χ1n) is 10.4. The molecule has 0 N–H and O–H groups in total. The van der Waals surface area contributed by atoms with E-state index in [4.69, 9.17) is 4.74 Å². The molecule has 1 aliphatic rings. The van der Waals surface area contributed by atoms with E-state index < -0.39 is 0 Å². The van der Waals surface area contributed by atoms with Gasteiger partial charge in [-0.3, -0.25) is 0 Å². The molecule has 0 saturated heterocycles. The summed E-state index contributed by atoms with van der Waals surface area (Å²) in [5, 5.41) is 8.97. The molecule has 0 bridgehead atoms. The van der Waals surface area contributed by atoms with E-state index in [2.05, 4.69) is 32.0 Å². The predicted octanol–water partition coefficient (Wildman–Crippen LogP) is 4.57. The van der Waals surface area contributed by atoms with Crippen molar-refractivity contribution in [1.82, 2.24) is 24.7 Å². The molecule has 7 nitrogen and oxygen atoms in total. The van der Waals surface area contributed by atoms with Gasteiger partial charge in [-0.25, -0.2) is 14.4 Å². The highest BCUT2D eigenvalue weighted by Crippen LogP contribution is 2.38. The molecule has 1 unspecified atom stereocenters. The fourth-order valence-corrected chi connectivity index (χ4v) is 4.23. The molecule has 8 heteroatoms. The molecule has 162 valence electrons. The third-order valence-electron chi connectivity index (χ3n) is 5.88. The Balaban J connectivity index is 1.46. The maximum Gasteiger partial charge on any atom is 0.238 e. The largest absolute Gasteiger partial charge is 0.479 e. The number of nitrogens with zero attached hydrogens (tertiary/aromatic N) is 6. The van der Waals surface area contributed by atoms with Crippen molar-refractivity contribution in [2.45, 2.75) is 33.4 Å². The van der Waals surface area contributed by atoms with Gasteiger partial charge in [-0.1, -0.05) is 6.07 Å². The van der Waals surface area contributed by atoms with E-state index in [-0.39, 0.29) is 11.9 Å². The first-order chi connectivity index (χ1) is 15.4. The number of aryl methyl sites for hydroxylation is 2. The standard InChI is InChI=1S/C24H23FN6O/c1-14-9-21(20-7-8-22(24(27-20)32-4)30-11-15(2)26-13-30)28-29-23(14)31-12-17-10-18(25)5-6-19(17)16(31)3/h5-11,13,16H,12H2,1-4H3. The summed E-state index contributed by atoms with van der Waals surface area (Å²) in [4.78, 5) is 11.1. The van der Waals surface area contributed by atoms with Crippen LogP contribution in [0.15, 0.2) is 48.9 Å². The molecule has 0 fully saturated rings. The van der Waals surface area contributed by atoms with Crippen LogP contribution in [-0.4, -0.2) is 31.8 Å². The van der Waals surface area contributed by atoms with Crippen molar-refractivity contribution in [1.29, 1.82) is 0 Å². The average Bonchev–Trinajstić information content (AvgIpc) is 3.36. The van der Waals surface area contributed by atoms with Crippen LogP contribution in [0, 0.1) is 19.7 Å². The number of anilines is 1. The van der Waals surface area contributed by atoms with Crippen LogP contribution in [0.4, 0.5) is 10.2 Å². The fourth-order valence-electron chi connectivity index (χ4n) is 4.23. The lowest BCUT2D eigenvalue weighted by Crippen LogP contribution is -2.21. The van der Waals surface area contributed by atoms with Gasteiger partial charge in [0.15, 0.2) is 5.82 Å². The smallest absolute Gasteiger partial charge is 0.238 e. The van der Waals surface area contributed by atoms with E-state index in [0.717, 1.165) is 33.9 Å². The molecule has 1 atom stereocenters. The number of hydrogen-bond donors (Lipinski definition) is 0. The minimum atomic E-state index is -0.217. The van der Waals surface area contributed by atoms with E-state index >= 15 is 0 Å². The van der Waals surface area contributed by atoms with Crippen molar-refractivity contribution in [2.24, 2.45) is 0 Å². The second-order valence-corrected chi connectivity index (χ2v) is 8.03. The van der Waals surface area contributed by atoms with Crippen LogP contribution in [-0.2, 0) is 6.54 Å². The maximum absolute atomic E-state index is 13.7. The normalized spacial score (nSPS) is 15.2. The number of fused-ring (bicyclic) bond motifs is 1. The molecule has 4 heterocycles. The minimum Gasteiger partial charge on any atom is -0.479 e. The zero-order valence-electron chi connectivity index (χ0n) is 18.4. The molecule has 0 spiro atoms. The van der Waals surface area contributed by atoms with Gasteiger partial charge in [-0.2, -0.15) is 0 Å². The van der Waals surface area contributed by atoms with Gasteiger partial charge in [-0.15, -0.1) is 10.2 Å².